The second-order valence-electron chi connectivity index (χ2n) is 17.6. The minimum Gasteiger partial charge on any atom is -0.462 e. The Morgan fingerprint density at radius 2 is 0.588 bits per heavy atom. The van der Waals surface area contributed by atoms with Gasteiger partial charge in [-0.1, -0.05) is 251 Å². The summed E-state index contributed by atoms with van der Waals surface area (Å²) in [6.45, 7) is 6.28. The van der Waals surface area contributed by atoms with Crippen LogP contribution in [-0.4, -0.2) is 37.2 Å². The highest BCUT2D eigenvalue weighted by Gasteiger charge is 2.19. The van der Waals surface area contributed by atoms with E-state index in [4.69, 9.17) is 14.2 Å². The number of esters is 3. The molecule has 0 aliphatic rings. The van der Waals surface area contributed by atoms with E-state index >= 15 is 0 Å². The summed E-state index contributed by atoms with van der Waals surface area (Å²) in [7, 11) is 0. The van der Waals surface area contributed by atoms with E-state index in [0.29, 0.717) is 19.3 Å². The molecule has 0 rings (SSSR count). The molecule has 6 nitrogen and oxygen atoms in total. The summed E-state index contributed by atoms with van der Waals surface area (Å²) in [6, 6.07) is 0. The molecule has 0 spiro atoms. The van der Waals surface area contributed by atoms with Crippen LogP contribution in [0.2, 0.25) is 0 Å². The van der Waals surface area contributed by atoms with Gasteiger partial charge in [0, 0.05) is 19.3 Å². The molecule has 1 atom stereocenters. The van der Waals surface area contributed by atoms with E-state index in [1.807, 2.05) is 85.1 Å². The Morgan fingerprint density at radius 1 is 0.309 bits per heavy atom. The molecule has 0 aliphatic heterocycles. The first-order chi connectivity index (χ1) is 33.5. The average Bonchev–Trinajstić information content (AvgIpc) is 3.34. The van der Waals surface area contributed by atoms with E-state index in [-0.39, 0.29) is 37.5 Å². The molecule has 0 saturated carbocycles. The molecule has 0 bridgehead atoms. The number of carbonyl (C=O) groups excluding carboxylic acids is 3. The largest absolute Gasteiger partial charge is 0.462 e. The third-order valence-electron chi connectivity index (χ3n) is 11.1. The van der Waals surface area contributed by atoms with Crippen LogP contribution in [0, 0.1) is 0 Å². The fourth-order valence-corrected chi connectivity index (χ4v) is 7.07. The van der Waals surface area contributed by atoms with E-state index in [2.05, 4.69) is 69.4 Å². The van der Waals surface area contributed by atoms with Gasteiger partial charge in [0.05, 0.1) is 0 Å². The van der Waals surface area contributed by atoms with Gasteiger partial charge in [0.1, 0.15) is 13.2 Å². The fourth-order valence-electron chi connectivity index (χ4n) is 7.07. The monoisotopic (exact) mass is 939 g/mol. The normalized spacial score (nSPS) is 13.2. The van der Waals surface area contributed by atoms with Gasteiger partial charge in [-0.3, -0.25) is 14.4 Å². The Kier molecular flexibility index (Phi) is 51.5. The molecule has 68 heavy (non-hydrogen) atoms. The molecule has 0 fully saturated rings. The molecule has 0 aromatic heterocycles. The molecule has 0 aromatic carbocycles. The zero-order valence-corrected chi connectivity index (χ0v) is 43.6. The maximum Gasteiger partial charge on any atom is 0.306 e. The number of rotatable bonds is 47. The van der Waals surface area contributed by atoms with Crippen LogP contribution in [0.25, 0.3) is 0 Å². The molecule has 6 heteroatoms. The Hall–Kier alpha value is -4.45. The number of allylic oxidation sites excluding steroid dienone is 22. The van der Waals surface area contributed by atoms with Crippen LogP contribution >= 0.6 is 0 Å². The van der Waals surface area contributed by atoms with E-state index in [1.54, 1.807) is 0 Å². The van der Waals surface area contributed by atoms with Crippen molar-refractivity contribution in [1.82, 2.24) is 0 Å². The summed E-state index contributed by atoms with van der Waals surface area (Å²) in [4.78, 5) is 38.1. The van der Waals surface area contributed by atoms with E-state index in [1.165, 1.54) is 70.6 Å². The molecule has 0 N–H and O–H groups in total. The number of unbranched alkanes of at least 4 members (excludes halogenated alkanes) is 22. The van der Waals surface area contributed by atoms with Crippen LogP contribution in [0.1, 0.15) is 220 Å². The Balaban J connectivity index is 4.54. The summed E-state index contributed by atoms with van der Waals surface area (Å²) >= 11 is 0. The SMILES string of the molecule is CC\C=C/C=C\C=C/C=C\C=C\C=C/CCCCCC(=O)OC(COC(=O)CCCCCCC\C=C/C=C\C=C/C=C\CC)COC(=O)CCCCCCC/C=C\CCCCCCCCCCC. The van der Waals surface area contributed by atoms with Gasteiger partial charge < -0.3 is 14.2 Å². The van der Waals surface area contributed by atoms with Crippen molar-refractivity contribution in [3.63, 3.8) is 0 Å². The van der Waals surface area contributed by atoms with Crippen molar-refractivity contribution in [2.24, 2.45) is 0 Å². The van der Waals surface area contributed by atoms with Gasteiger partial charge >= 0.3 is 17.9 Å². The maximum absolute atomic E-state index is 12.8. The summed E-state index contributed by atoms with van der Waals surface area (Å²) < 4.78 is 16.8. The van der Waals surface area contributed by atoms with Crippen LogP contribution in [0.15, 0.2) is 134 Å². The number of ether oxygens (including phenoxy) is 3. The second-order valence-corrected chi connectivity index (χ2v) is 17.6. The minimum atomic E-state index is -0.820. The number of hydrogen-bond acceptors (Lipinski definition) is 6. The molecule has 0 saturated heterocycles. The van der Waals surface area contributed by atoms with Crippen molar-refractivity contribution in [3.05, 3.63) is 134 Å². The first-order valence-corrected chi connectivity index (χ1v) is 27.3. The van der Waals surface area contributed by atoms with Gasteiger partial charge in [-0.25, -0.2) is 0 Å². The van der Waals surface area contributed by atoms with E-state index in [9.17, 15) is 14.4 Å². The lowest BCUT2D eigenvalue weighted by Gasteiger charge is -2.18. The predicted molar refractivity (Wildman–Crippen MR) is 292 cm³/mol. The maximum atomic E-state index is 12.8. The highest BCUT2D eigenvalue weighted by Crippen LogP contribution is 2.14. The zero-order chi connectivity index (χ0) is 49.3. The van der Waals surface area contributed by atoms with Crippen molar-refractivity contribution in [2.45, 2.75) is 226 Å². The molecular formula is C62H98O6. The number of hydrogen-bond donors (Lipinski definition) is 0. The van der Waals surface area contributed by atoms with Gasteiger partial charge in [0.2, 0.25) is 0 Å². The van der Waals surface area contributed by atoms with Gasteiger partial charge in [0.25, 0.3) is 0 Å². The van der Waals surface area contributed by atoms with Gasteiger partial charge in [-0.05, 0) is 83.5 Å². The highest BCUT2D eigenvalue weighted by molar-refractivity contribution is 5.71. The second kappa shape index (κ2) is 55.1. The fraction of sp³-hybridized carbons (Fsp3) is 0.597. The van der Waals surface area contributed by atoms with Crippen molar-refractivity contribution < 1.29 is 28.6 Å². The third-order valence-corrected chi connectivity index (χ3v) is 11.1. The highest BCUT2D eigenvalue weighted by atomic mass is 16.6. The van der Waals surface area contributed by atoms with Crippen LogP contribution in [0.3, 0.4) is 0 Å². The molecule has 0 heterocycles. The van der Waals surface area contributed by atoms with Crippen LogP contribution < -0.4 is 0 Å². The van der Waals surface area contributed by atoms with Crippen LogP contribution in [-0.2, 0) is 28.6 Å². The molecule has 0 aromatic rings. The average molecular weight is 939 g/mol. The quantitative estimate of drug-likeness (QED) is 0.0199. The standard InChI is InChI=1S/C62H98O6/c1-4-7-10-13-16-19-22-25-28-30-32-34-37-40-43-46-49-52-55-61(64)67-58-59(57-66-60(63)54-51-48-45-42-39-36-33-27-24-21-18-15-12-9-6-3)68-62(65)56-53-50-47-44-41-38-35-31-29-26-23-20-17-14-11-8-5-2/h8-9,11-12,14-15,17-18,20-21,23-24,26-27,29,31-35,38,41,59H,4-7,10,13,16,19,22,25,28,30,36-37,39-40,42-58H2,1-3H3/b11-8-,12-9-,17-14-,18-15-,23-20-,24-21-,29-26-,33-27-,34-32-,35-31+,41-38-. The molecule has 0 radical (unpaired) electrons. The van der Waals surface area contributed by atoms with Gasteiger partial charge in [-0.15, -0.1) is 0 Å². The van der Waals surface area contributed by atoms with Crippen molar-refractivity contribution in [3.8, 4) is 0 Å². The Labute approximate surface area is 417 Å². The molecule has 1 unspecified atom stereocenters. The number of carbonyl (C=O) groups is 3. The lowest BCUT2D eigenvalue weighted by Crippen LogP contribution is -2.30. The Morgan fingerprint density at radius 3 is 0.956 bits per heavy atom. The summed E-state index contributed by atoms with van der Waals surface area (Å²) in [5.74, 6) is -0.995. The van der Waals surface area contributed by atoms with E-state index in [0.717, 1.165) is 103 Å². The Bertz CT molecular complexity index is 1500. The van der Waals surface area contributed by atoms with Crippen LogP contribution in [0.5, 0.6) is 0 Å². The van der Waals surface area contributed by atoms with Crippen molar-refractivity contribution in [1.29, 1.82) is 0 Å². The summed E-state index contributed by atoms with van der Waals surface area (Å²) in [5, 5.41) is 0. The van der Waals surface area contributed by atoms with Crippen molar-refractivity contribution in [2.75, 3.05) is 13.2 Å². The predicted octanol–water partition coefficient (Wildman–Crippen LogP) is 18.3. The summed E-state index contributed by atoms with van der Waals surface area (Å²) in [5.41, 5.74) is 0. The van der Waals surface area contributed by atoms with Crippen LogP contribution in [0.4, 0.5) is 0 Å². The summed E-state index contributed by atoms with van der Waals surface area (Å²) in [6.07, 6.45) is 77.2. The van der Waals surface area contributed by atoms with E-state index < -0.39 is 6.10 Å². The molecular weight excluding hydrogens is 841 g/mol. The topological polar surface area (TPSA) is 78.9 Å². The lowest BCUT2D eigenvalue weighted by molar-refractivity contribution is -0.167. The third kappa shape index (κ3) is 52.5. The van der Waals surface area contributed by atoms with Gasteiger partial charge in [-0.2, -0.15) is 0 Å². The first kappa shape index (κ1) is 63.6. The minimum absolute atomic E-state index is 0.113. The zero-order valence-electron chi connectivity index (χ0n) is 43.6. The van der Waals surface area contributed by atoms with Gasteiger partial charge in [0.15, 0.2) is 6.10 Å². The first-order valence-electron chi connectivity index (χ1n) is 27.3. The lowest BCUT2D eigenvalue weighted by atomic mass is 10.1. The van der Waals surface area contributed by atoms with Crippen molar-refractivity contribution >= 4 is 17.9 Å². The molecule has 0 amide bonds. The molecule has 0 aliphatic carbocycles. The smallest absolute Gasteiger partial charge is 0.306 e. The molecule has 382 valence electrons.